The lowest BCUT2D eigenvalue weighted by molar-refractivity contribution is -0.114. The molecule has 4 nitrogen and oxygen atoms in total. The van der Waals surface area contributed by atoms with Crippen molar-refractivity contribution >= 4 is 23.2 Å². The van der Waals surface area contributed by atoms with Crippen LogP contribution in [0.5, 0.6) is 0 Å². The molecule has 0 aliphatic heterocycles. The summed E-state index contributed by atoms with van der Waals surface area (Å²) in [4.78, 5) is 23.6. The van der Waals surface area contributed by atoms with Gasteiger partial charge in [0, 0.05) is 23.9 Å². The summed E-state index contributed by atoms with van der Waals surface area (Å²) in [5, 5.41) is 5.65. The van der Waals surface area contributed by atoms with Gasteiger partial charge < -0.3 is 10.6 Å². The maximum Gasteiger partial charge on any atom is 0.255 e. The summed E-state index contributed by atoms with van der Waals surface area (Å²) < 4.78 is 0. The van der Waals surface area contributed by atoms with Crippen LogP contribution in [-0.2, 0) is 4.79 Å². The van der Waals surface area contributed by atoms with E-state index in [4.69, 9.17) is 0 Å². The molecule has 0 saturated carbocycles. The van der Waals surface area contributed by atoms with Crippen LogP contribution in [0.1, 0.15) is 34.0 Å². The molecule has 0 aliphatic carbocycles. The van der Waals surface area contributed by atoms with Gasteiger partial charge in [0.05, 0.1) is 0 Å². The number of carbonyl (C=O) groups excluding carboxylic acids is 2. The molecule has 0 bridgehead atoms. The predicted octanol–water partition coefficient (Wildman–Crippen LogP) is 3.82. The normalized spacial score (nSPS) is 10.2. The number of hydrogen-bond donors (Lipinski definition) is 2. The van der Waals surface area contributed by atoms with Gasteiger partial charge in [-0.1, -0.05) is 18.2 Å². The summed E-state index contributed by atoms with van der Waals surface area (Å²) in [6.45, 7) is 7.31. The van der Waals surface area contributed by atoms with E-state index in [9.17, 15) is 9.59 Å². The van der Waals surface area contributed by atoms with Gasteiger partial charge in [-0.05, 0) is 55.7 Å². The predicted molar refractivity (Wildman–Crippen MR) is 89.4 cm³/mol. The highest BCUT2D eigenvalue weighted by Crippen LogP contribution is 2.21. The first kappa shape index (κ1) is 15.8. The Kier molecular flexibility index (Phi) is 4.61. The Balaban J connectivity index is 2.26. The van der Waals surface area contributed by atoms with Gasteiger partial charge in [0.2, 0.25) is 5.91 Å². The van der Waals surface area contributed by atoms with Gasteiger partial charge in [0.1, 0.15) is 0 Å². The summed E-state index contributed by atoms with van der Waals surface area (Å²) in [5.74, 6) is -0.351. The molecule has 0 fully saturated rings. The van der Waals surface area contributed by atoms with Crippen molar-refractivity contribution < 1.29 is 9.59 Å². The minimum Gasteiger partial charge on any atom is -0.326 e. The maximum atomic E-state index is 12.4. The third-order valence-electron chi connectivity index (χ3n) is 3.66. The molecular formula is C18H20N2O2. The van der Waals surface area contributed by atoms with E-state index in [-0.39, 0.29) is 11.8 Å². The fourth-order valence-corrected chi connectivity index (χ4v) is 2.17. The van der Waals surface area contributed by atoms with Crippen LogP contribution in [-0.4, -0.2) is 11.8 Å². The monoisotopic (exact) mass is 296 g/mol. The quantitative estimate of drug-likeness (QED) is 0.904. The van der Waals surface area contributed by atoms with E-state index >= 15 is 0 Å². The number of nitrogens with one attached hydrogen (secondary N) is 2. The minimum atomic E-state index is -0.194. The van der Waals surface area contributed by atoms with E-state index in [1.165, 1.54) is 6.92 Å². The van der Waals surface area contributed by atoms with Gasteiger partial charge in [-0.25, -0.2) is 0 Å². The van der Waals surface area contributed by atoms with Crippen LogP contribution in [0.25, 0.3) is 0 Å². The molecule has 2 N–H and O–H groups in total. The van der Waals surface area contributed by atoms with E-state index < -0.39 is 0 Å². The number of aryl methyl sites for hydroxylation is 2. The van der Waals surface area contributed by atoms with E-state index in [0.717, 1.165) is 22.4 Å². The van der Waals surface area contributed by atoms with Gasteiger partial charge in [-0.15, -0.1) is 0 Å². The Morgan fingerprint density at radius 2 is 1.59 bits per heavy atom. The van der Waals surface area contributed by atoms with Gasteiger partial charge in [0.25, 0.3) is 5.91 Å². The van der Waals surface area contributed by atoms with Gasteiger partial charge in [-0.2, -0.15) is 0 Å². The molecule has 0 atom stereocenters. The van der Waals surface area contributed by atoms with Crippen molar-refractivity contribution in [3.63, 3.8) is 0 Å². The van der Waals surface area contributed by atoms with Crippen LogP contribution >= 0.6 is 0 Å². The Hall–Kier alpha value is -2.62. The number of anilines is 2. The lowest BCUT2D eigenvalue weighted by Gasteiger charge is -2.12. The van der Waals surface area contributed by atoms with E-state index in [1.807, 2.05) is 45.0 Å². The maximum absolute atomic E-state index is 12.4. The number of benzene rings is 2. The first-order valence-corrected chi connectivity index (χ1v) is 7.14. The first-order valence-electron chi connectivity index (χ1n) is 7.14. The molecule has 0 radical (unpaired) electrons. The average Bonchev–Trinajstić information content (AvgIpc) is 2.45. The molecule has 0 heterocycles. The van der Waals surface area contributed by atoms with E-state index in [0.29, 0.717) is 11.3 Å². The molecule has 0 aromatic heterocycles. The largest absolute Gasteiger partial charge is 0.326 e. The smallest absolute Gasteiger partial charge is 0.255 e. The summed E-state index contributed by atoms with van der Waals surface area (Å²) in [7, 11) is 0. The molecule has 0 aliphatic rings. The molecule has 0 spiro atoms. The highest BCUT2D eigenvalue weighted by atomic mass is 16.2. The number of rotatable bonds is 3. The fraction of sp³-hybridized carbons (Fsp3) is 0.222. The first-order chi connectivity index (χ1) is 10.4. The molecule has 2 rings (SSSR count). The second kappa shape index (κ2) is 6.43. The molecule has 22 heavy (non-hydrogen) atoms. The van der Waals surface area contributed by atoms with E-state index in [2.05, 4.69) is 10.6 Å². The highest BCUT2D eigenvalue weighted by Gasteiger charge is 2.11. The molecule has 0 saturated heterocycles. The van der Waals surface area contributed by atoms with Crippen molar-refractivity contribution in [2.45, 2.75) is 27.7 Å². The summed E-state index contributed by atoms with van der Waals surface area (Å²) in [6.07, 6.45) is 0. The average molecular weight is 296 g/mol. The zero-order chi connectivity index (χ0) is 16.3. The van der Waals surface area contributed by atoms with Crippen LogP contribution in [0, 0.1) is 20.8 Å². The van der Waals surface area contributed by atoms with Crippen molar-refractivity contribution in [2.75, 3.05) is 10.6 Å². The molecule has 2 aromatic carbocycles. The molecular weight excluding hydrogens is 276 g/mol. The lowest BCUT2D eigenvalue weighted by Crippen LogP contribution is -2.14. The molecule has 2 amide bonds. The third-order valence-corrected chi connectivity index (χ3v) is 3.66. The third kappa shape index (κ3) is 3.52. The van der Waals surface area contributed by atoms with Crippen LogP contribution < -0.4 is 10.6 Å². The SMILES string of the molecule is CC(=O)Nc1cc(C(=O)Nc2cccc(C)c2C)ccc1C. The second-order valence-corrected chi connectivity index (χ2v) is 5.41. The van der Waals surface area contributed by atoms with Gasteiger partial charge in [0.15, 0.2) is 0 Å². The Bertz CT molecular complexity index is 736. The lowest BCUT2D eigenvalue weighted by atomic mass is 10.1. The van der Waals surface area contributed by atoms with Crippen molar-refractivity contribution in [3.05, 3.63) is 58.7 Å². The van der Waals surface area contributed by atoms with Crippen LogP contribution in [0.2, 0.25) is 0 Å². The Labute approximate surface area is 130 Å². The highest BCUT2D eigenvalue weighted by molar-refractivity contribution is 6.05. The zero-order valence-electron chi connectivity index (χ0n) is 13.3. The van der Waals surface area contributed by atoms with Crippen LogP contribution in [0.4, 0.5) is 11.4 Å². The van der Waals surface area contributed by atoms with E-state index in [1.54, 1.807) is 12.1 Å². The van der Waals surface area contributed by atoms with Crippen molar-refractivity contribution in [1.82, 2.24) is 0 Å². The Morgan fingerprint density at radius 1 is 0.864 bits per heavy atom. The second-order valence-electron chi connectivity index (χ2n) is 5.41. The molecule has 4 heteroatoms. The zero-order valence-corrected chi connectivity index (χ0v) is 13.3. The topological polar surface area (TPSA) is 58.2 Å². The number of amides is 2. The molecule has 114 valence electrons. The van der Waals surface area contributed by atoms with Gasteiger partial charge in [-0.3, -0.25) is 9.59 Å². The summed E-state index contributed by atoms with van der Waals surface area (Å²) in [5.41, 5.74) is 5.05. The molecule has 0 unspecified atom stereocenters. The fourth-order valence-electron chi connectivity index (χ4n) is 2.17. The van der Waals surface area contributed by atoms with Crippen molar-refractivity contribution in [2.24, 2.45) is 0 Å². The Morgan fingerprint density at radius 3 is 2.27 bits per heavy atom. The van der Waals surface area contributed by atoms with Gasteiger partial charge >= 0.3 is 0 Å². The van der Waals surface area contributed by atoms with Crippen molar-refractivity contribution in [1.29, 1.82) is 0 Å². The standard InChI is InChI=1S/C18H20N2O2/c1-11-6-5-7-16(13(11)3)20-18(22)15-9-8-12(2)17(10-15)19-14(4)21/h5-10H,1-4H3,(H,19,21)(H,20,22). The van der Waals surface area contributed by atoms with Crippen molar-refractivity contribution in [3.8, 4) is 0 Å². The summed E-state index contributed by atoms with van der Waals surface area (Å²) in [6, 6.07) is 11.1. The summed E-state index contributed by atoms with van der Waals surface area (Å²) >= 11 is 0. The number of hydrogen-bond acceptors (Lipinski definition) is 2. The van der Waals surface area contributed by atoms with Crippen LogP contribution in [0.3, 0.4) is 0 Å². The minimum absolute atomic E-state index is 0.157. The van der Waals surface area contributed by atoms with Crippen LogP contribution in [0.15, 0.2) is 36.4 Å². The molecule has 2 aromatic rings. The number of carbonyl (C=O) groups is 2.